The van der Waals surface area contributed by atoms with Crippen LogP contribution in [0.5, 0.6) is 0 Å². The Bertz CT molecular complexity index is 805. The molecule has 0 unspecified atom stereocenters. The van der Waals surface area contributed by atoms with E-state index in [9.17, 15) is 14.4 Å². The molecule has 0 spiro atoms. The molecule has 2 amide bonds. The average molecular weight is 355 g/mol. The van der Waals surface area contributed by atoms with Gasteiger partial charge in [-0.1, -0.05) is 12.1 Å². The Kier molecular flexibility index (Phi) is 6.73. The number of anilines is 3. The maximum Gasteiger partial charge on any atom is 0.337 e. The van der Waals surface area contributed by atoms with E-state index in [1.165, 1.54) is 14.0 Å². The number of esters is 1. The number of amides is 2. The first-order valence-corrected chi connectivity index (χ1v) is 8.07. The largest absolute Gasteiger partial charge is 0.465 e. The lowest BCUT2D eigenvalue weighted by Crippen LogP contribution is -2.16. The van der Waals surface area contributed by atoms with Crippen LogP contribution in [0.3, 0.4) is 0 Å². The van der Waals surface area contributed by atoms with E-state index in [0.29, 0.717) is 23.5 Å². The number of hydrogen-bond donors (Lipinski definition) is 3. The molecule has 2 aromatic carbocycles. The van der Waals surface area contributed by atoms with Crippen LogP contribution in [-0.2, 0) is 14.3 Å². The van der Waals surface area contributed by atoms with Crippen molar-refractivity contribution in [1.82, 2.24) is 0 Å². The number of carbonyl (C=O) groups is 3. The summed E-state index contributed by atoms with van der Waals surface area (Å²) < 4.78 is 4.68. The maximum atomic E-state index is 12.0. The summed E-state index contributed by atoms with van der Waals surface area (Å²) in [7, 11) is 1.33. The van der Waals surface area contributed by atoms with Crippen LogP contribution in [0.2, 0.25) is 0 Å². The van der Waals surface area contributed by atoms with Crippen LogP contribution >= 0.6 is 0 Å². The van der Waals surface area contributed by atoms with Crippen LogP contribution in [0, 0.1) is 0 Å². The monoisotopic (exact) mass is 355 g/mol. The number of rotatable bonds is 7. The fourth-order valence-corrected chi connectivity index (χ4v) is 2.30. The van der Waals surface area contributed by atoms with Gasteiger partial charge in [-0.2, -0.15) is 0 Å². The van der Waals surface area contributed by atoms with E-state index in [-0.39, 0.29) is 18.2 Å². The summed E-state index contributed by atoms with van der Waals surface area (Å²) in [6, 6.07) is 13.8. The van der Waals surface area contributed by atoms with E-state index in [2.05, 4.69) is 20.7 Å². The van der Waals surface area contributed by atoms with Crippen molar-refractivity contribution in [3.05, 3.63) is 54.1 Å². The molecule has 0 saturated heterocycles. The summed E-state index contributed by atoms with van der Waals surface area (Å²) in [4.78, 5) is 34.6. The van der Waals surface area contributed by atoms with Crippen LogP contribution in [0.25, 0.3) is 0 Å². The molecule has 0 heterocycles. The minimum Gasteiger partial charge on any atom is -0.465 e. The zero-order valence-electron chi connectivity index (χ0n) is 14.7. The summed E-state index contributed by atoms with van der Waals surface area (Å²) in [5.74, 6) is -0.751. The Morgan fingerprint density at radius 2 is 1.58 bits per heavy atom. The Balaban J connectivity index is 1.84. The van der Waals surface area contributed by atoms with Crippen molar-refractivity contribution in [2.75, 3.05) is 29.6 Å². The van der Waals surface area contributed by atoms with Gasteiger partial charge in [-0.05, 0) is 36.4 Å². The molecular formula is C19H21N3O4. The van der Waals surface area contributed by atoms with Crippen LogP contribution in [0.4, 0.5) is 17.1 Å². The van der Waals surface area contributed by atoms with E-state index in [4.69, 9.17) is 0 Å². The third kappa shape index (κ3) is 5.94. The van der Waals surface area contributed by atoms with E-state index >= 15 is 0 Å². The summed E-state index contributed by atoms with van der Waals surface area (Å²) in [6.45, 7) is 1.83. The lowest BCUT2D eigenvalue weighted by atomic mass is 10.2. The van der Waals surface area contributed by atoms with Gasteiger partial charge in [0.15, 0.2) is 0 Å². The lowest BCUT2D eigenvalue weighted by molar-refractivity contribution is -0.116. The smallest absolute Gasteiger partial charge is 0.337 e. The predicted octanol–water partition coefficient (Wildman–Crippen LogP) is 2.87. The molecule has 0 atom stereocenters. The molecule has 0 bridgehead atoms. The van der Waals surface area contributed by atoms with Crippen LogP contribution in [0.15, 0.2) is 48.5 Å². The van der Waals surface area contributed by atoms with Gasteiger partial charge in [0.05, 0.1) is 12.7 Å². The number of nitrogens with one attached hydrogen (secondary N) is 3. The van der Waals surface area contributed by atoms with Gasteiger partial charge in [0.1, 0.15) is 0 Å². The molecule has 0 aromatic heterocycles. The third-order valence-corrected chi connectivity index (χ3v) is 3.43. The molecule has 3 N–H and O–H groups in total. The van der Waals surface area contributed by atoms with Gasteiger partial charge >= 0.3 is 5.97 Å². The number of carbonyl (C=O) groups excluding carboxylic acids is 3. The van der Waals surface area contributed by atoms with Crippen molar-refractivity contribution in [2.45, 2.75) is 13.3 Å². The summed E-state index contributed by atoms with van der Waals surface area (Å²) in [5, 5.41) is 8.53. The minimum absolute atomic E-state index is 0.165. The average Bonchev–Trinajstić information content (AvgIpc) is 2.61. The number of methoxy groups -OCH3 is 1. The highest BCUT2D eigenvalue weighted by Gasteiger charge is 2.07. The van der Waals surface area contributed by atoms with Gasteiger partial charge in [0, 0.05) is 37.0 Å². The Labute approximate surface area is 151 Å². The van der Waals surface area contributed by atoms with Crippen molar-refractivity contribution in [2.24, 2.45) is 0 Å². The quantitative estimate of drug-likeness (QED) is 0.664. The lowest BCUT2D eigenvalue weighted by Gasteiger charge is -2.09. The normalized spacial score (nSPS) is 9.92. The van der Waals surface area contributed by atoms with Crippen molar-refractivity contribution in [3.63, 3.8) is 0 Å². The fourth-order valence-electron chi connectivity index (χ4n) is 2.30. The fraction of sp³-hybridized carbons (Fsp3) is 0.211. The number of benzene rings is 2. The maximum absolute atomic E-state index is 12.0. The molecule has 2 aromatic rings. The molecule has 0 saturated carbocycles. The van der Waals surface area contributed by atoms with E-state index in [0.717, 1.165) is 5.69 Å². The molecular weight excluding hydrogens is 334 g/mol. The first-order chi connectivity index (χ1) is 12.5. The van der Waals surface area contributed by atoms with Gasteiger partial charge in [0.2, 0.25) is 11.8 Å². The topological polar surface area (TPSA) is 96.5 Å². The minimum atomic E-state index is -0.412. The van der Waals surface area contributed by atoms with Crippen molar-refractivity contribution < 1.29 is 19.1 Å². The first-order valence-electron chi connectivity index (χ1n) is 8.07. The van der Waals surface area contributed by atoms with Gasteiger partial charge in [-0.25, -0.2) is 4.79 Å². The SMILES string of the molecule is COC(=O)c1cccc(NCCC(=O)Nc2cccc(NC(C)=O)c2)c1. The summed E-state index contributed by atoms with van der Waals surface area (Å²) >= 11 is 0. The zero-order chi connectivity index (χ0) is 18.9. The van der Waals surface area contributed by atoms with Gasteiger partial charge in [-0.3, -0.25) is 9.59 Å². The van der Waals surface area contributed by atoms with Crippen LogP contribution < -0.4 is 16.0 Å². The standard InChI is InChI=1S/C19H21N3O4/c1-13(23)21-16-7-4-8-17(12-16)22-18(24)9-10-20-15-6-3-5-14(11-15)19(25)26-2/h3-8,11-12,20H,9-10H2,1-2H3,(H,21,23)(H,22,24). The van der Waals surface area contributed by atoms with Crippen molar-refractivity contribution >= 4 is 34.8 Å². The Morgan fingerprint density at radius 1 is 0.923 bits per heavy atom. The van der Waals surface area contributed by atoms with Crippen molar-refractivity contribution in [1.29, 1.82) is 0 Å². The molecule has 136 valence electrons. The highest BCUT2D eigenvalue weighted by molar-refractivity contribution is 5.93. The first kappa shape index (κ1) is 19.0. The third-order valence-electron chi connectivity index (χ3n) is 3.43. The molecule has 0 aliphatic heterocycles. The second kappa shape index (κ2) is 9.22. The van der Waals surface area contributed by atoms with E-state index in [1.807, 2.05) is 0 Å². The summed E-state index contributed by atoms with van der Waals surface area (Å²) in [5.41, 5.74) is 2.40. The number of ether oxygens (including phenoxy) is 1. The van der Waals surface area contributed by atoms with Gasteiger partial charge in [-0.15, -0.1) is 0 Å². The van der Waals surface area contributed by atoms with Crippen LogP contribution in [-0.4, -0.2) is 31.4 Å². The molecule has 0 radical (unpaired) electrons. The Morgan fingerprint density at radius 3 is 2.27 bits per heavy atom. The molecule has 7 heteroatoms. The highest BCUT2D eigenvalue weighted by atomic mass is 16.5. The van der Waals surface area contributed by atoms with E-state index in [1.54, 1.807) is 48.5 Å². The predicted molar refractivity (Wildman–Crippen MR) is 100 cm³/mol. The molecule has 26 heavy (non-hydrogen) atoms. The molecule has 0 fully saturated rings. The second-order valence-electron chi connectivity index (χ2n) is 5.56. The summed E-state index contributed by atoms with van der Waals surface area (Å²) in [6.07, 6.45) is 0.243. The molecule has 7 nitrogen and oxygen atoms in total. The molecule has 0 aliphatic carbocycles. The molecule has 0 aliphatic rings. The number of hydrogen-bond acceptors (Lipinski definition) is 5. The highest BCUT2D eigenvalue weighted by Crippen LogP contribution is 2.15. The van der Waals surface area contributed by atoms with E-state index < -0.39 is 5.97 Å². The molecule has 2 rings (SSSR count). The zero-order valence-corrected chi connectivity index (χ0v) is 14.7. The second-order valence-corrected chi connectivity index (χ2v) is 5.56. The van der Waals surface area contributed by atoms with Gasteiger partial charge < -0.3 is 20.7 Å². The Hall–Kier alpha value is -3.35. The van der Waals surface area contributed by atoms with Crippen molar-refractivity contribution in [3.8, 4) is 0 Å². The van der Waals surface area contributed by atoms with Gasteiger partial charge in [0.25, 0.3) is 0 Å². The van der Waals surface area contributed by atoms with Crippen LogP contribution in [0.1, 0.15) is 23.7 Å².